The monoisotopic (exact) mass is 302 g/mol. The van der Waals surface area contributed by atoms with Crippen molar-refractivity contribution in [1.82, 2.24) is 10.2 Å². The fourth-order valence-corrected chi connectivity index (χ4v) is 3.02. The summed E-state index contributed by atoms with van der Waals surface area (Å²) in [5, 5.41) is 2.85. The Morgan fingerprint density at radius 3 is 2.91 bits per heavy atom. The number of benzene rings is 1. The number of nitrogens with zero attached hydrogens (tertiary/aromatic N) is 1. The number of hydrogen-bond acceptors (Lipinski definition) is 3. The summed E-state index contributed by atoms with van der Waals surface area (Å²) in [6, 6.07) is 5.75. The number of ether oxygens (including phenoxy) is 1. The Hall–Kier alpha value is -2.04. The second-order valence-corrected chi connectivity index (χ2v) is 6.05. The van der Waals surface area contributed by atoms with Gasteiger partial charge in [0.1, 0.15) is 5.75 Å². The van der Waals surface area contributed by atoms with Gasteiger partial charge in [-0.3, -0.25) is 9.59 Å². The lowest BCUT2D eigenvalue weighted by Crippen LogP contribution is -2.48. The van der Waals surface area contributed by atoms with E-state index < -0.39 is 0 Å². The molecule has 2 heterocycles. The standard InChI is InChI=1S/C17H22N2O3/c1-3-11(2)22-15-6-4-5-13-14(15)10-19(17(13)21)12-7-8-16(20)18-9-12/h4-6,11-12H,3,7-10H2,1-2H3,(H,18,20). The van der Waals surface area contributed by atoms with E-state index in [-0.39, 0.29) is 24.0 Å². The largest absolute Gasteiger partial charge is 0.490 e. The molecule has 0 aromatic heterocycles. The number of carbonyl (C=O) groups is 2. The highest BCUT2D eigenvalue weighted by Crippen LogP contribution is 2.33. The van der Waals surface area contributed by atoms with Gasteiger partial charge in [-0.15, -0.1) is 0 Å². The van der Waals surface area contributed by atoms with Crippen molar-refractivity contribution in [2.45, 2.75) is 51.8 Å². The Labute approximate surface area is 130 Å². The molecule has 2 unspecified atom stereocenters. The van der Waals surface area contributed by atoms with Crippen LogP contribution in [0.1, 0.15) is 49.0 Å². The maximum atomic E-state index is 12.6. The third kappa shape index (κ3) is 2.67. The van der Waals surface area contributed by atoms with E-state index in [0.717, 1.165) is 29.7 Å². The summed E-state index contributed by atoms with van der Waals surface area (Å²) < 4.78 is 5.96. The molecule has 5 nitrogen and oxygen atoms in total. The second-order valence-electron chi connectivity index (χ2n) is 6.05. The summed E-state index contributed by atoms with van der Waals surface area (Å²) in [4.78, 5) is 25.8. The van der Waals surface area contributed by atoms with Gasteiger partial charge in [0, 0.05) is 24.1 Å². The highest BCUT2D eigenvalue weighted by molar-refractivity contribution is 5.99. The summed E-state index contributed by atoms with van der Waals surface area (Å²) in [6.07, 6.45) is 2.27. The number of hydrogen-bond donors (Lipinski definition) is 1. The van der Waals surface area contributed by atoms with Crippen LogP contribution in [0, 0.1) is 0 Å². The van der Waals surface area contributed by atoms with Crippen LogP contribution in [0.3, 0.4) is 0 Å². The summed E-state index contributed by atoms with van der Waals surface area (Å²) in [7, 11) is 0. The third-order valence-electron chi connectivity index (χ3n) is 4.54. The minimum absolute atomic E-state index is 0.0470. The molecule has 1 N–H and O–H groups in total. The van der Waals surface area contributed by atoms with E-state index in [1.54, 1.807) is 0 Å². The molecule has 2 atom stereocenters. The molecule has 0 saturated carbocycles. The lowest BCUT2D eigenvalue weighted by Gasteiger charge is -2.31. The van der Waals surface area contributed by atoms with Gasteiger partial charge in [0.05, 0.1) is 18.7 Å². The van der Waals surface area contributed by atoms with Crippen molar-refractivity contribution >= 4 is 11.8 Å². The summed E-state index contributed by atoms with van der Waals surface area (Å²) >= 11 is 0. The summed E-state index contributed by atoms with van der Waals surface area (Å²) in [6.45, 7) is 5.22. The zero-order chi connectivity index (χ0) is 15.7. The highest BCUT2D eigenvalue weighted by atomic mass is 16.5. The molecular weight excluding hydrogens is 280 g/mol. The molecule has 2 amide bonds. The van der Waals surface area contributed by atoms with Gasteiger partial charge >= 0.3 is 0 Å². The van der Waals surface area contributed by atoms with Crippen molar-refractivity contribution in [2.24, 2.45) is 0 Å². The number of nitrogens with one attached hydrogen (secondary N) is 1. The van der Waals surface area contributed by atoms with Crippen LogP contribution in [0.2, 0.25) is 0 Å². The van der Waals surface area contributed by atoms with Crippen LogP contribution in [-0.4, -0.2) is 35.4 Å². The molecule has 0 bridgehead atoms. The number of piperidine rings is 1. The first-order valence-electron chi connectivity index (χ1n) is 7.96. The van der Waals surface area contributed by atoms with E-state index in [2.05, 4.69) is 12.2 Å². The highest BCUT2D eigenvalue weighted by Gasteiger charge is 2.36. The SMILES string of the molecule is CCC(C)Oc1cccc2c1CN(C1CCC(=O)NC1)C2=O. The fourth-order valence-electron chi connectivity index (χ4n) is 3.02. The van der Waals surface area contributed by atoms with Gasteiger partial charge in [0.15, 0.2) is 0 Å². The van der Waals surface area contributed by atoms with Crippen molar-refractivity contribution < 1.29 is 14.3 Å². The van der Waals surface area contributed by atoms with Gasteiger partial charge in [-0.05, 0) is 31.9 Å². The van der Waals surface area contributed by atoms with Crippen LogP contribution in [-0.2, 0) is 11.3 Å². The number of rotatable bonds is 4. The van der Waals surface area contributed by atoms with Gasteiger partial charge in [-0.2, -0.15) is 0 Å². The van der Waals surface area contributed by atoms with E-state index in [0.29, 0.717) is 19.5 Å². The second kappa shape index (κ2) is 5.99. The number of carbonyl (C=O) groups excluding carboxylic acids is 2. The van der Waals surface area contributed by atoms with E-state index >= 15 is 0 Å². The van der Waals surface area contributed by atoms with Crippen LogP contribution in [0.25, 0.3) is 0 Å². The van der Waals surface area contributed by atoms with Crippen LogP contribution >= 0.6 is 0 Å². The molecule has 1 saturated heterocycles. The van der Waals surface area contributed by atoms with Crippen molar-refractivity contribution in [2.75, 3.05) is 6.54 Å². The van der Waals surface area contributed by atoms with E-state index in [1.807, 2.05) is 30.0 Å². The Balaban J connectivity index is 1.81. The van der Waals surface area contributed by atoms with Crippen LogP contribution < -0.4 is 10.1 Å². The van der Waals surface area contributed by atoms with Gasteiger partial charge in [-0.25, -0.2) is 0 Å². The molecule has 22 heavy (non-hydrogen) atoms. The average molecular weight is 302 g/mol. The molecule has 0 spiro atoms. The Morgan fingerprint density at radius 1 is 1.41 bits per heavy atom. The molecule has 5 heteroatoms. The van der Waals surface area contributed by atoms with Gasteiger partial charge in [-0.1, -0.05) is 13.0 Å². The average Bonchev–Trinajstić information content (AvgIpc) is 2.86. The zero-order valence-electron chi connectivity index (χ0n) is 13.1. The fraction of sp³-hybridized carbons (Fsp3) is 0.529. The van der Waals surface area contributed by atoms with E-state index in [9.17, 15) is 9.59 Å². The Kier molecular flexibility index (Phi) is 4.05. The van der Waals surface area contributed by atoms with Crippen molar-refractivity contribution in [3.8, 4) is 5.75 Å². The molecule has 0 aliphatic carbocycles. The van der Waals surface area contributed by atoms with Crippen molar-refractivity contribution in [3.63, 3.8) is 0 Å². The van der Waals surface area contributed by atoms with Gasteiger partial charge < -0.3 is 15.0 Å². The molecule has 1 aromatic carbocycles. The molecule has 1 fully saturated rings. The van der Waals surface area contributed by atoms with Crippen LogP contribution in [0.15, 0.2) is 18.2 Å². The minimum atomic E-state index is 0.0470. The predicted molar refractivity (Wildman–Crippen MR) is 82.7 cm³/mol. The predicted octanol–water partition coefficient (Wildman–Crippen LogP) is 2.10. The molecule has 1 aromatic rings. The normalized spacial score (nSPS) is 22.3. The topological polar surface area (TPSA) is 58.6 Å². The first kappa shape index (κ1) is 14.9. The first-order valence-corrected chi connectivity index (χ1v) is 7.96. The quantitative estimate of drug-likeness (QED) is 0.926. The maximum Gasteiger partial charge on any atom is 0.254 e. The molecule has 2 aliphatic rings. The number of fused-ring (bicyclic) bond motifs is 1. The summed E-state index contributed by atoms with van der Waals surface area (Å²) in [5.41, 5.74) is 1.71. The molecule has 118 valence electrons. The molecule has 3 rings (SSSR count). The van der Waals surface area contributed by atoms with Gasteiger partial charge in [0.25, 0.3) is 5.91 Å². The lowest BCUT2D eigenvalue weighted by atomic mass is 10.1. The Morgan fingerprint density at radius 2 is 2.23 bits per heavy atom. The first-order chi connectivity index (χ1) is 10.6. The number of amides is 2. The lowest BCUT2D eigenvalue weighted by molar-refractivity contribution is -0.123. The van der Waals surface area contributed by atoms with E-state index in [1.165, 1.54) is 0 Å². The molecule has 2 aliphatic heterocycles. The molecular formula is C17H22N2O3. The van der Waals surface area contributed by atoms with Crippen molar-refractivity contribution in [3.05, 3.63) is 29.3 Å². The molecule has 0 radical (unpaired) electrons. The van der Waals surface area contributed by atoms with E-state index in [4.69, 9.17) is 4.74 Å². The van der Waals surface area contributed by atoms with Crippen LogP contribution in [0.4, 0.5) is 0 Å². The third-order valence-corrected chi connectivity index (χ3v) is 4.54. The van der Waals surface area contributed by atoms with Crippen LogP contribution in [0.5, 0.6) is 5.75 Å². The zero-order valence-corrected chi connectivity index (χ0v) is 13.1. The maximum absolute atomic E-state index is 12.6. The van der Waals surface area contributed by atoms with Crippen molar-refractivity contribution in [1.29, 1.82) is 0 Å². The minimum Gasteiger partial charge on any atom is -0.490 e. The smallest absolute Gasteiger partial charge is 0.254 e. The summed E-state index contributed by atoms with van der Waals surface area (Å²) in [5.74, 6) is 0.925. The van der Waals surface area contributed by atoms with Gasteiger partial charge in [0.2, 0.25) is 5.91 Å². The Bertz CT molecular complexity index is 590.